The number of fused-ring (bicyclic) bond motifs is 1. The highest BCUT2D eigenvalue weighted by Crippen LogP contribution is 2.36. The van der Waals surface area contributed by atoms with Gasteiger partial charge in [0.2, 0.25) is 5.88 Å². The van der Waals surface area contributed by atoms with E-state index in [1.165, 1.54) is 32.1 Å². The first-order valence-corrected chi connectivity index (χ1v) is 9.28. The Balaban J connectivity index is 1.68. The van der Waals surface area contributed by atoms with Crippen LogP contribution in [0, 0.1) is 0 Å². The van der Waals surface area contributed by atoms with Gasteiger partial charge in [0.25, 0.3) is 0 Å². The fourth-order valence-corrected chi connectivity index (χ4v) is 3.98. The molecule has 0 N–H and O–H groups in total. The first kappa shape index (κ1) is 15.4. The fourth-order valence-electron chi connectivity index (χ4n) is 3.22. The first-order valence-electron chi connectivity index (χ1n) is 8.40. The second-order valence-corrected chi connectivity index (χ2v) is 7.05. The Morgan fingerprint density at radius 2 is 1.71 bits per heavy atom. The molecule has 124 valence electrons. The van der Waals surface area contributed by atoms with Gasteiger partial charge in [-0.2, -0.15) is 4.98 Å². The number of aromatic nitrogens is 2. The molecule has 4 rings (SSSR count). The van der Waals surface area contributed by atoms with Gasteiger partial charge in [0.15, 0.2) is 0 Å². The summed E-state index contributed by atoms with van der Waals surface area (Å²) in [6.45, 7) is 0. The third kappa shape index (κ3) is 3.08. The fraction of sp³-hybridized carbons (Fsp3) is 0.368. The summed E-state index contributed by atoms with van der Waals surface area (Å²) in [6, 6.07) is 9.64. The highest BCUT2D eigenvalue weighted by atomic mass is 32.1. The molecular formula is C19H20N2O2S. The Hall–Kier alpha value is -2.14. The van der Waals surface area contributed by atoms with Gasteiger partial charge in [0, 0.05) is 5.92 Å². The molecule has 0 aliphatic heterocycles. The minimum absolute atomic E-state index is 0.460. The highest BCUT2D eigenvalue weighted by molar-refractivity contribution is 7.17. The summed E-state index contributed by atoms with van der Waals surface area (Å²) >= 11 is 1.62. The SMILES string of the molecule is COc1ccc(Oc2nc(C3CCCCC3)nc3ccsc23)cc1. The maximum atomic E-state index is 6.08. The minimum Gasteiger partial charge on any atom is -0.497 e. The molecule has 0 atom stereocenters. The summed E-state index contributed by atoms with van der Waals surface area (Å²) < 4.78 is 12.3. The van der Waals surface area contributed by atoms with Crippen molar-refractivity contribution < 1.29 is 9.47 Å². The van der Waals surface area contributed by atoms with Crippen LogP contribution >= 0.6 is 11.3 Å². The molecule has 0 radical (unpaired) electrons. The Kier molecular flexibility index (Phi) is 4.34. The molecule has 0 saturated heterocycles. The van der Waals surface area contributed by atoms with Crippen LogP contribution < -0.4 is 9.47 Å². The number of rotatable bonds is 4. The molecule has 0 amide bonds. The molecule has 1 fully saturated rings. The number of hydrogen-bond donors (Lipinski definition) is 0. The molecule has 5 heteroatoms. The molecule has 2 aromatic heterocycles. The lowest BCUT2D eigenvalue weighted by molar-refractivity contribution is 0.410. The van der Waals surface area contributed by atoms with Crippen molar-refractivity contribution in [2.75, 3.05) is 7.11 Å². The minimum atomic E-state index is 0.460. The third-order valence-electron chi connectivity index (χ3n) is 4.53. The lowest BCUT2D eigenvalue weighted by Crippen LogP contribution is -2.09. The third-order valence-corrected chi connectivity index (χ3v) is 5.43. The first-order chi connectivity index (χ1) is 11.8. The molecule has 0 bridgehead atoms. The lowest BCUT2D eigenvalue weighted by atomic mass is 9.89. The van der Waals surface area contributed by atoms with Gasteiger partial charge in [-0.05, 0) is 48.6 Å². The van der Waals surface area contributed by atoms with Crippen molar-refractivity contribution in [3.05, 3.63) is 41.5 Å². The van der Waals surface area contributed by atoms with Crippen LogP contribution in [-0.4, -0.2) is 17.1 Å². The van der Waals surface area contributed by atoms with Crippen LogP contribution in [0.1, 0.15) is 43.8 Å². The van der Waals surface area contributed by atoms with Crippen LogP contribution in [0.5, 0.6) is 17.4 Å². The maximum absolute atomic E-state index is 6.08. The predicted molar refractivity (Wildman–Crippen MR) is 96.3 cm³/mol. The number of thiophene rings is 1. The molecule has 0 unspecified atom stereocenters. The van der Waals surface area contributed by atoms with Crippen molar-refractivity contribution in [1.29, 1.82) is 0 Å². The largest absolute Gasteiger partial charge is 0.497 e. The van der Waals surface area contributed by atoms with E-state index in [9.17, 15) is 0 Å². The Labute approximate surface area is 145 Å². The summed E-state index contributed by atoms with van der Waals surface area (Å²) in [5.41, 5.74) is 0.985. The van der Waals surface area contributed by atoms with Gasteiger partial charge in [0.1, 0.15) is 22.0 Å². The van der Waals surface area contributed by atoms with Crippen LogP contribution in [0.2, 0.25) is 0 Å². The van der Waals surface area contributed by atoms with Crippen LogP contribution in [0.4, 0.5) is 0 Å². The number of ether oxygens (including phenoxy) is 2. The average Bonchev–Trinajstić information content (AvgIpc) is 3.12. The standard InChI is InChI=1S/C19H20N2O2S/c1-22-14-7-9-15(10-8-14)23-19-17-16(11-12-24-17)20-18(21-19)13-5-3-2-4-6-13/h7-13H,2-6H2,1H3. The van der Waals surface area contributed by atoms with Crippen molar-refractivity contribution in [2.45, 2.75) is 38.0 Å². The molecule has 4 nitrogen and oxygen atoms in total. The second kappa shape index (κ2) is 6.77. The summed E-state index contributed by atoms with van der Waals surface area (Å²) in [5, 5.41) is 2.05. The topological polar surface area (TPSA) is 44.2 Å². The molecule has 1 saturated carbocycles. The van der Waals surface area contributed by atoms with Crippen LogP contribution in [0.15, 0.2) is 35.7 Å². The van der Waals surface area contributed by atoms with Crippen molar-refractivity contribution in [2.24, 2.45) is 0 Å². The van der Waals surface area contributed by atoms with Gasteiger partial charge >= 0.3 is 0 Å². The number of hydrogen-bond acceptors (Lipinski definition) is 5. The molecule has 3 aromatic rings. The Morgan fingerprint density at radius 1 is 0.958 bits per heavy atom. The highest BCUT2D eigenvalue weighted by Gasteiger charge is 2.21. The Morgan fingerprint density at radius 3 is 2.46 bits per heavy atom. The quantitative estimate of drug-likeness (QED) is 0.625. The molecule has 0 spiro atoms. The maximum Gasteiger partial charge on any atom is 0.240 e. The smallest absolute Gasteiger partial charge is 0.240 e. The molecule has 1 aliphatic carbocycles. The molecule has 2 heterocycles. The van der Waals surface area contributed by atoms with E-state index < -0.39 is 0 Å². The molecule has 1 aromatic carbocycles. The van der Waals surface area contributed by atoms with E-state index in [1.807, 2.05) is 29.6 Å². The van der Waals surface area contributed by atoms with Gasteiger partial charge in [-0.15, -0.1) is 11.3 Å². The van der Waals surface area contributed by atoms with Gasteiger partial charge < -0.3 is 9.47 Å². The van der Waals surface area contributed by atoms with Crippen LogP contribution in [0.25, 0.3) is 10.2 Å². The van der Waals surface area contributed by atoms with Gasteiger partial charge in [-0.1, -0.05) is 19.3 Å². The molecular weight excluding hydrogens is 320 g/mol. The average molecular weight is 340 g/mol. The van der Waals surface area contributed by atoms with Crippen LogP contribution in [0.3, 0.4) is 0 Å². The van der Waals surface area contributed by atoms with E-state index >= 15 is 0 Å². The lowest BCUT2D eigenvalue weighted by Gasteiger charge is -2.20. The zero-order chi connectivity index (χ0) is 16.4. The number of benzene rings is 1. The van der Waals surface area contributed by atoms with Gasteiger partial charge in [0.05, 0.1) is 12.6 Å². The summed E-state index contributed by atoms with van der Waals surface area (Å²) in [6.07, 6.45) is 6.22. The van der Waals surface area contributed by atoms with E-state index in [-0.39, 0.29) is 0 Å². The zero-order valence-corrected chi connectivity index (χ0v) is 14.5. The van der Waals surface area contributed by atoms with E-state index in [0.29, 0.717) is 11.8 Å². The second-order valence-electron chi connectivity index (χ2n) is 6.13. The molecule has 1 aliphatic rings. The van der Waals surface area contributed by atoms with Crippen molar-refractivity contribution in [3.8, 4) is 17.4 Å². The summed E-state index contributed by atoms with van der Waals surface area (Å²) in [7, 11) is 1.66. The number of nitrogens with zero attached hydrogens (tertiary/aromatic N) is 2. The summed E-state index contributed by atoms with van der Waals surface area (Å²) in [5.74, 6) is 3.64. The zero-order valence-electron chi connectivity index (χ0n) is 13.7. The van der Waals surface area contributed by atoms with E-state index in [1.54, 1.807) is 18.4 Å². The van der Waals surface area contributed by atoms with E-state index in [2.05, 4.69) is 6.07 Å². The Bertz CT molecular complexity index is 823. The van der Waals surface area contributed by atoms with E-state index in [4.69, 9.17) is 19.4 Å². The van der Waals surface area contributed by atoms with Gasteiger partial charge in [-0.25, -0.2) is 4.98 Å². The molecule has 24 heavy (non-hydrogen) atoms. The van der Waals surface area contributed by atoms with Crippen molar-refractivity contribution in [3.63, 3.8) is 0 Å². The monoisotopic (exact) mass is 340 g/mol. The van der Waals surface area contributed by atoms with Crippen molar-refractivity contribution >= 4 is 21.6 Å². The normalized spacial score (nSPS) is 15.5. The predicted octanol–water partition coefficient (Wildman–Crippen LogP) is 5.54. The summed E-state index contributed by atoms with van der Waals surface area (Å²) in [4.78, 5) is 9.57. The van der Waals surface area contributed by atoms with Gasteiger partial charge in [-0.3, -0.25) is 0 Å². The van der Waals surface area contributed by atoms with E-state index in [0.717, 1.165) is 27.5 Å². The number of methoxy groups -OCH3 is 1. The van der Waals surface area contributed by atoms with Crippen molar-refractivity contribution in [1.82, 2.24) is 9.97 Å². The van der Waals surface area contributed by atoms with Crippen LogP contribution in [-0.2, 0) is 0 Å².